The monoisotopic (exact) mass is 396 g/mol. The number of rotatable bonds is 7. The number of anilines is 1. The molecule has 8 heteroatoms. The molecule has 0 spiro atoms. The maximum Gasteiger partial charge on any atom is 0.298 e. The van der Waals surface area contributed by atoms with Crippen LogP contribution in [-0.4, -0.2) is 35.7 Å². The van der Waals surface area contributed by atoms with E-state index in [0.717, 1.165) is 48.2 Å². The Labute approximate surface area is 168 Å². The lowest BCUT2D eigenvalue weighted by Crippen LogP contribution is -2.45. The number of hydrogen-bond donors (Lipinski definition) is 1. The van der Waals surface area contributed by atoms with Crippen molar-refractivity contribution >= 4 is 23.0 Å². The Morgan fingerprint density at radius 2 is 2.17 bits per heavy atom. The van der Waals surface area contributed by atoms with Crippen molar-refractivity contribution in [2.24, 2.45) is 5.92 Å². The van der Waals surface area contributed by atoms with Gasteiger partial charge in [-0.05, 0) is 37.8 Å². The molecule has 1 saturated carbocycles. The zero-order valence-electron chi connectivity index (χ0n) is 16.6. The van der Waals surface area contributed by atoms with Crippen LogP contribution in [0.4, 0.5) is 6.01 Å². The van der Waals surface area contributed by atoms with Gasteiger partial charge in [0.25, 0.3) is 6.01 Å². The molecule has 1 aromatic carbocycles. The first-order chi connectivity index (χ1) is 14.0. The van der Waals surface area contributed by atoms with Gasteiger partial charge in [-0.25, -0.2) is 0 Å². The summed E-state index contributed by atoms with van der Waals surface area (Å²) in [4.78, 5) is 17.9. The number of hydrogen-bond acceptors (Lipinski definition) is 7. The third-order valence-corrected chi connectivity index (χ3v) is 5.49. The number of carbonyl (C=O) groups is 1. The summed E-state index contributed by atoms with van der Waals surface area (Å²) in [7, 11) is 0. The fraction of sp³-hybridized carbons (Fsp3) is 0.476. The maximum atomic E-state index is 11.2. The van der Waals surface area contributed by atoms with Gasteiger partial charge in [-0.2, -0.15) is 4.98 Å². The van der Waals surface area contributed by atoms with Crippen molar-refractivity contribution in [3.8, 4) is 5.75 Å². The molecule has 0 radical (unpaired) electrons. The van der Waals surface area contributed by atoms with Gasteiger partial charge in [0.05, 0.1) is 18.3 Å². The van der Waals surface area contributed by atoms with Gasteiger partial charge < -0.3 is 23.9 Å². The summed E-state index contributed by atoms with van der Waals surface area (Å²) in [6, 6.07) is 8.13. The average Bonchev–Trinajstić information content (AvgIpc) is 3.18. The molecular formula is C21H24N4O4. The summed E-state index contributed by atoms with van der Waals surface area (Å²) in [5, 5.41) is 6.97. The van der Waals surface area contributed by atoms with Crippen LogP contribution < -0.4 is 15.0 Å². The summed E-state index contributed by atoms with van der Waals surface area (Å²) in [5.41, 5.74) is 2.46. The SMILES string of the molecule is CC(=O)N[C@@H](C)c1cc(C2CN(c3nc4cc(OCC5CC5)ccc4o3)C2)no1. The van der Waals surface area contributed by atoms with Crippen LogP contribution in [0.1, 0.15) is 50.1 Å². The minimum atomic E-state index is -0.196. The second-order valence-corrected chi connectivity index (χ2v) is 8.06. The highest BCUT2D eigenvalue weighted by Gasteiger charge is 2.34. The number of aromatic nitrogens is 2. The second kappa shape index (κ2) is 7.09. The standard InChI is InChI=1S/C21H24N4O4/c1-12(22-13(2)26)20-8-17(24-29-20)15-9-25(10-15)21-23-18-7-16(5-6-19(18)28-21)27-11-14-3-4-14/h5-8,12,14-15H,3-4,9-11H2,1-2H3,(H,22,26)/t12-/m0/s1. The molecule has 1 saturated heterocycles. The third kappa shape index (κ3) is 3.79. The first-order valence-corrected chi connectivity index (χ1v) is 10.1. The summed E-state index contributed by atoms with van der Waals surface area (Å²) < 4.78 is 17.1. The van der Waals surface area contributed by atoms with E-state index in [1.807, 2.05) is 31.2 Å². The lowest BCUT2D eigenvalue weighted by atomic mass is 9.96. The Kier molecular flexibility index (Phi) is 4.41. The van der Waals surface area contributed by atoms with E-state index in [2.05, 4.69) is 20.4 Å². The molecule has 0 bridgehead atoms. The zero-order valence-corrected chi connectivity index (χ0v) is 16.6. The Bertz CT molecular complexity index is 1030. The molecule has 2 aromatic heterocycles. The molecule has 2 fully saturated rings. The molecule has 8 nitrogen and oxygen atoms in total. The maximum absolute atomic E-state index is 11.2. The van der Waals surface area contributed by atoms with Crippen molar-refractivity contribution < 1.29 is 18.5 Å². The summed E-state index contributed by atoms with van der Waals surface area (Å²) in [5.74, 6) is 2.38. The van der Waals surface area contributed by atoms with Crippen LogP contribution in [0.2, 0.25) is 0 Å². The predicted octanol–water partition coefficient (Wildman–Crippen LogP) is 3.41. The van der Waals surface area contributed by atoms with Gasteiger partial charge in [0.1, 0.15) is 11.3 Å². The van der Waals surface area contributed by atoms with E-state index < -0.39 is 0 Å². The average molecular weight is 396 g/mol. The highest BCUT2D eigenvalue weighted by atomic mass is 16.5. The molecule has 0 unspecified atom stereocenters. The van der Waals surface area contributed by atoms with Gasteiger partial charge in [0.15, 0.2) is 11.3 Å². The van der Waals surface area contributed by atoms with Gasteiger partial charge in [-0.3, -0.25) is 4.79 Å². The number of oxazole rings is 1. The molecule has 3 aromatic rings. The van der Waals surface area contributed by atoms with Gasteiger partial charge in [0.2, 0.25) is 5.91 Å². The molecule has 29 heavy (non-hydrogen) atoms. The Hall–Kier alpha value is -3.03. The number of amides is 1. The van der Waals surface area contributed by atoms with Crippen LogP contribution in [-0.2, 0) is 4.79 Å². The Morgan fingerprint density at radius 1 is 1.34 bits per heavy atom. The Morgan fingerprint density at radius 3 is 2.93 bits per heavy atom. The molecule has 5 rings (SSSR count). The smallest absolute Gasteiger partial charge is 0.298 e. The van der Waals surface area contributed by atoms with Crippen LogP contribution in [0.15, 0.2) is 33.2 Å². The number of ether oxygens (including phenoxy) is 1. The minimum Gasteiger partial charge on any atom is -0.493 e. The van der Waals surface area contributed by atoms with E-state index in [1.165, 1.54) is 19.8 Å². The van der Waals surface area contributed by atoms with Crippen LogP contribution in [0, 0.1) is 5.92 Å². The highest BCUT2D eigenvalue weighted by molar-refractivity contribution is 5.76. The number of benzene rings is 1. The number of nitrogens with one attached hydrogen (secondary N) is 1. The highest BCUT2D eigenvalue weighted by Crippen LogP contribution is 2.34. The van der Waals surface area contributed by atoms with Gasteiger partial charge in [0, 0.05) is 38.1 Å². The third-order valence-electron chi connectivity index (χ3n) is 5.49. The predicted molar refractivity (Wildman–Crippen MR) is 106 cm³/mol. The van der Waals surface area contributed by atoms with Crippen LogP contribution >= 0.6 is 0 Å². The molecule has 3 heterocycles. The first-order valence-electron chi connectivity index (χ1n) is 10.1. The summed E-state index contributed by atoms with van der Waals surface area (Å²) in [6.07, 6.45) is 2.54. The van der Waals surface area contributed by atoms with E-state index in [4.69, 9.17) is 13.7 Å². The van der Waals surface area contributed by atoms with Gasteiger partial charge in [-0.1, -0.05) is 5.16 Å². The topological polar surface area (TPSA) is 93.6 Å². The molecule has 1 aliphatic heterocycles. The van der Waals surface area contributed by atoms with E-state index in [9.17, 15) is 4.79 Å². The van der Waals surface area contributed by atoms with Crippen LogP contribution in [0.5, 0.6) is 5.75 Å². The molecular weight excluding hydrogens is 372 g/mol. The number of nitrogens with zero attached hydrogens (tertiary/aromatic N) is 3. The van der Waals surface area contributed by atoms with Crippen molar-refractivity contribution in [2.45, 2.75) is 38.6 Å². The molecule has 1 amide bonds. The number of carbonyl (C=O) groups excluding carboxylic acids is 1. The normalized spacial score (nSPS) is 17.9. The van der Waals surface area contributed by atoms with E-state index >= 15 is 0 Å². The summed E-state index contributed by atoms with van der Waals surface area (Å²) in [6.45, 7) is 5.67. The molecule has 1 atom stereocenters. The fourth-order valence-corrected chi connectivity index (χ4v) is 3.52. The first kappa shape index (κ1) is 18.0. The van der Waals surface area contributed by atoms with Crippen LogP contribution in [0.25, 0.3) is 11.1 Å². The van der Waals surface area contributed by atoms with E-state index in [-0.39, 0.29) is 17.9 Å². The van der Waals surface area contributed by atoms with E-state index in [1.54, 1.807) is 0 Å². The molecule has 2 aliphatic rings. The molecule has 152 valence electrons. The second-order valence-electron chi connectivity index (χ2n) is 8.06. The van der Waals surface area contributed by atoms with Crippen molar-refractivity contribution in [3.05, 3.63) is 35.7 Å². The molecule has 1 aliphatic carbocycles. The Balaban J connectivity index is 1.21. The zero-order chi connectivity index (χ0) is 20.0. The van der Waals surface area contributed by atoms with Crippen molar-refractivity contribution in [2.75, 3.05) is 24.6 Å². The molecule has 1 N–H and O–H groups in total. The summed E-state index contributed by atoms with van der Waals surface area (Å²) >= 11 is 0. The van der Waals surface area contributed by atoms with Crippen molar-refractivity contribution in [1.29, 1.82) is 0 Å². The van der Waals surface area contributed by atoms with Gasteiger partial charge >= 0.3 is 0 Å². The van der Waals surface area contributed by atoms with Crippen LogP contribution in [0.3, 0.4) is 0 Å². The largest absolute Gasteiger partial charge is 0.493 e. The lowest BCUT2D eigenvalue weighted by Gasteiger charge is -2.36. The quantitative estimate of drug-likeness (QED) is 0.654. The fourth-order valence-electron chi connectivity index (χ4n) is 3.52. The van der Waals surface area contributed by atoms with E-state index in [0.29, 0.717) is 11.8 Å². The van der Waals surface area contributed by atoms with Crippen molar-refractivity contribution in [3.63, 3.8) is 0 Å². The van der Waals surface area contributed by atoms with Crippen molar-refractivity contribution in [1.82, 2.24) is 15.5 Å². The lowest BCUT2D eigenvalue weighted by molar-refractivity contribution is -0.119. The minimum absolute atomic E-state index is 0.0951. The van der Waals surface area contributed by atoms with Gasteiger partial charge in [-0.15, -0.1) is 0 Å². The number of fused-ring (bicyclic) bond motifs is 1.